The third-order valence-corrected chi connectivity index (χ3v) is 5.42. The number of hydrogen-bond donors (Lipinski definition) is 1. The molecule has 1 aromatic rings. The molecule has 2 nitrogen and oxygen atoms in total. The van der Waals surface area contributed by atoms with Gasteiger partial charge in [0.05, 0.1) is 5.54 Å². The van der Waals surface area contributed by atoms with Gasteiger partial charge in [0.2, 0.25) is 0 Å². The van der Waals surface area contributed by atoms with Gasteiger partial charge in [0.15, 0.2) is 0 Å². The summed E-state index contributed by atoms with van der Waals surface area (Å²) in [6.07, 6.45) is 4.85. The number of nitrogens with one attached hydrogen (secondary N) is 1. The second kappa shape index (κ2) is 5.42. The molecule has 1 aliphatic carbocycles. The van der Waals surface area contributed by atoms with E-state index < -0.39 is 0 Å². The second-order valence-electron chi connectivity index (χ2n) is 8.16. The summed E-state index contributed by atoms with van der Waals surface area (Å²) in [7, 11) is 0. The number of aryl methyl sites for hydroxylation is 1. The van der Waals surface area contributed by atoms with Crippen molar-refractivity contribution in [3.05, 3.63) is 16.1 Å². The highest BCUT2D eigenvalue weighted by Crippen LogP contribution is 2.54. The Bertz CT molecular complexity index is 443. The second-order valence-corrected chi connectivity index (χ2v) is 9.02. The van der Waals surface area contributed by atoms with Crippen LogP contribution in [0.4, 0.5) is 0 Å². The molecule has 1 aliphatic rings. The maximum absolute atomic E-state index is 4.85. The summed E-state index contributed by atoms with van der Waals surface area (Å²) in [5.74, 6) is 0. The van der Waals surface area contributed by atoms with Crippen LogP contribution in [0.5, 0.6) is 0 Å². The van der Waals surface area contributed by atoms with E-state index in [-0.39, 0.29) is 5.54 Å². The predicted octanol–water partition coefficient (Wildman–Crippen LogP) is 4.88. The molecule has 20 heavy (non-hydrogen) atoms. The van der Waals surface area contributed by atoms with E-state index in [9.17, 15) is 0 Å². The van der Waals surface area contributed by atoms with E-state index in [1.54, 1.807) is 0 Å². The van der Waals surface area contributed by atoms with Crippen molar-refractivity contribution in [2.45, 2.75) is 72.8 Å². The van der Waals surface area contributed by atoms with Gasteiger partial charge in [0.1, 0.15) is 5.01 Å². The maximum atomic E-state index is 4.85. The Morgan fingerprint density at radius 1 is 1.15 bits per heavy atom. The molecule has 114 valence electrons. The van der Waals surface area contributed by atoms with Crippen molar-refractivity contribution in [1.82, 2.24) is 10.3 Å². The van der Waals surface area contributed by atoms with Gasteiger partial charge in [-0.2, -0.15) is 0 Å². The highest BCUT2D eigenvalue weighted by Gasteiger charge is 2.49. The number of hydrogen-bond acceptors (Lipinski definition) is 3. The molecule has 3 heteroatoms. The van der Waals surface area contributed by atoms with Crippen molar-refractivity contribution in [3.63, 3.8) is 0 Å². The van der Waals surface area contributed by atoms with E-state index in [4.69, 9.17) is 4.98 Å². The molecule has 2 rings (SSSR count). The van der Waals surface area contributed by atoms with Crippen molar-refractivity contribution >= 4 is 11.3 Å². The zero-order valence-corrected chi connectivity index (χ0v) is 14.8. The maximum Gasteiger partial charge on any atom is 0.113 e. The van der Waals surface area contributed by atoms with Gasteiger partial charge in [-0.1, -0.05) is 34.6 Å². The van der Waals surface area contributed by atoms with Gasteiger partial charge in [-0.25, -0.2) is 4.98 Å². The SMILES string of the molecule is CCCNC1(c2nc(C)cs2)CC(C)(C)CC(C)(C)C1. The first kappa shape index (κ1) is 16.0. The van der Waals surface area contributed by atoms with E-state index in [1.807, 2.05) is 11.3 Å². The first-order chi connectivity index (χ1) is 9.18. The molecule has 0 spiro atoms. The first-order valence-corrected chi connectivity index (χ1v) is 8.74. The monoisotopic (exact) mass is 294 g/mol. The van der Waals surface area contributed by atoms with Crippen molar-refractivity contribution in [2.24, 2.45) is 10.8 Å². The van der Waals surface area contributed by atoms with Crippen LogP contribution < -0.4 is 5.32 Å². The molecule has 1 heterocycles. The molecular formula is C17H30N2S. The lowest BCUT2D eigenvalue weighted by molar-refractivity contribution is 0.0259. The van der Waals surface area contributed by atoms with Gasteiger partial charge in [0, 0.05) is 11.1 Å². The fourth-order valence-corrected chi connectivity index (χ4v) is 5.38. The Labute approximate surface area is 128 Å². The van der Waals surface area contributed by atoms with Crippen LogP contribution in [-0.2, 0) is 5.54 Å². The summed E-state index contributed by atoms with van der Waals surface area (Å²) in [6.45, 7) is 15.1. The summed E-state index contributed by atoms with van der Waals surface area (Å²) < 4.78 is 0. The molecule has 1 N–H and O–H groups in total. The minimum absolute atomic E-state index is 0.0696. The van der Waals surface area contributed by atoms with Crippen LogP contribution in [0.1, 0.15) is 71.0 Å². The largest absolute Gasteiger partial charge is 0.305 e. The van der Waals surface area contributed by atoms with Crippen LogP contribution in [0, 0.1) is 17.8 Å². The lowest BCUT2D eigenvalue weighted by Gasteiger charge is -2.51. The van der Waals surface area contributed by atoms with Crippen LogP contribution in [0.2, 0.25) is 0 Å². The molecule has 0 aliphatic heterocycles. The topological polar surface area (TPSA) is 24.9 Å². The first-order valence-electron chi connectivity index (χ1n) is 7.86. The normalized spacial score (nSPS) is 23.7. The summed E-state index contributed by atoms with van der Waals surface area (Å²) in [6, 6.07) is 0. The minimum atomic E-state index is 0.0696. The van der Waals surface area contributed by atoms with Gasteiger partial charge in [-0.05, 0) is 50.0 Å². The van der Waals surface area contributed by atoms with E-state index in [2.05, 4.69) is 52.2 Å². The van der Waals surface area contributed by atoms with E-state index in [1.165, 1.54) is 30.7 Å². The summed E-state index contributed by atoms with van der Waals surface area (Å²) in [5.41, 5.74) is 1.95. The Balaban J connectivity index is 2.40. The molecule has 0 aromatic carbocycles. The smallest absolute Gasteiger partial charge is 0.113 e. The minimum Gasteiger partial charge on any atom is -0.305 e. The van der Waals surface area contributed by atoms with Crippen LogP contribution in [0.15, 0.2) is 5.38 Å². The Kier molecular flexibility index (Phi) is 4.32. The fourth-order valence-electron chi connectivity index (χ4n) is 4.41. The molecule has 0 atom stereocenters. The average Bonchev–Trinajstić information content (AvgIpc) is 2.69. The number of thiazole rings is 1. The predicted molar refractivity (Wildman–Crippen MR) is 88.2 cm³/mol. The quantitative estimate of drug-likeness (QED) is 0.856. The van der Waals surface area contributed by atoms with Crippen molar-refractivity contribution < 1.29 is 0 Å². The summed E-state index contributed by atoms with van der Waals surface area (Å²) >= 11 is 1.83. The van der Waals surface area contributed by atoms with Crippen LogP contribution in [0.3, 0.4) is 0 Å². The number of nitrogens with zero attached hydrogens (tertiary/aromatic N) is 1. The van der Waals surface area contributed by atoms with Crippen LogP contribution >= 0.6 is 11.3 Å². The molecule has 0 saturated heterocycles. The van der Waals surface area contributed by atoms with E-state index in [0.717, 1.165) is 12.2 Å². The molecule has 1 aromatic heterocycles. The van der Waals surface area contributed by atoms with Gasteiger partial charge >= 0.3 is 0 Å². The third kappa shape index (κ3) is 3.43. The third-order valence-electron chi connectivity index (χ3n) is 4.26. The average molecular weight is 295 g/mol. The lowest BCUT2D eigenvalue weighted by Crippen LogP contribution is -2.53. The molecule has 0 amide bonds. The van der Waals surface area contributed by atoms with Gasteiger partial charge < -0.3 is 5.32 Å². The molecule has 0 bridgehead atoms. The standard InChI is InChI=1S/C17H30N2S/c1-7-8-18-17(14-19-13(2)9-20-14)11-15(3,4)10-16(5,6)12-17/h9,18H,7-8,10-12H2,1-6H3. The lowest BCUT2D eigenvalue weighted by atomic mass is 9.58. The van der Waals surface area contributed by atoms with Crippen molar-refractivity contribution in [1.29, 1.82) is 0 Å². The summed E-state index contributed by atoms with van der Waals surface area (Å²) in [5, 5.41) is 7.36. The Morgan fingerprint density at radius 2 is 1.75 bits per heavy atom. The zero-order chi connectivity index (χ0) is 15.0. The number of aromatic nitrogens is 1. The van der Waals surface area contributed by atoms with E-state index >= 15 is 0 Å². The Hall–Kier alpha value is -0.410. The Morgan fingerprint density at radius 3 is 2.20 bits per heavy atom. The molecule has 0 radical (unpaired) electrons. The van der Waals surface area contributed by atoms with Gasteiger partial charge in [-0.15, -0.1) is 11.3 Å². The van der Waals surface area contributed by atoms with Crippen LogP contribution in [0.25, 0.3) is 0 Å². The molecule has 1 saturated carbocycles. The summed E-state index contributed by atoms with van der Waals surface area (Å²) in [4.78, 5) is 4.85. The van der Waals surface area contributed by atoms with Gasteiger partial charge in [0.25, 0.3) is 0 Å². The highest BCUT2D eigenvalue weighted by molar-refractivity contribution is 7.09. The zero-order valence-electron chi connectivity index (χ0n) is 14.0. The van der Waals surface area contributed by atoms with Gasteiger partial charge in [-0.3, -0.25) is 0 Å². The van der Waals surface area contributed by atoms with Crippen molar-refractivity contribution in [3.8, 4) is 0 Å². The molecule has 0 unspecified atom stereocenters. The molecule has 1 fully saturated rings. The molecular weight excluding hydrogens is 264 g/mol. The van der Waals surface area contributed by atoms with Crippen LogP contribution in [-0.4, -0.2) is 11.5 Å². The highest BCUT2D eigenvalue weighted by atomic mass is 32.1. The fraction of sp³-hybridized carbons (Fsp3) is 0.824. The van der Waals surface area contributed by atoms with E-state index in [0.29, 0.717) is 10.8 Å². The number of rotatable bonds is 4. The van der Waals surface area contributed by atoms with Crippen molar-refractivity contribution in [2.75, 3.05) is 6.54 Å².